The molecule has 3 aliphatic rings. The fourth-order valence-corrected chi connectivity index (χ4v) is 5.01. The van der Waals surface area contributed by atoms with E-state index in [2.05, 4.69) is 12.2 Å². The molecule has 0 saturated heterocycles. The van der Waals surface area contributed by atoms with Crippen molar-refractivity contribution < 1.29 is 14.6 Å². The Kier molecular flexibility index (Phi) is 4.31. The van der Waals surface area contributed by atoms with Crippen LogP contribution in [-0.2, 0) is 11.3 Å². The molecule has 5 rings (SSSR count). The molecule has 3 atom stereocenters. The number of halogens is 1. The number of nitrogens with zero attached hydrogens (tertiary/aromatic N) is 1. The van der Waals surface area contributed by atoms with Crippen molar-refractivity contribution in [3.63, 3.8) is 0 Å². The van der Waals surface area contributed by atoms with E-state index >= 15 is 0 Å². The predicted octanol–water partition coefficient (Wildman–Crippen LogP) is 4.65. The van der Waals surface area contributed by atoms with E-state index in [1.165, 1.54) is 0 Å². The van der Waals surface area contributed by atoms with Crippen molar-refractivity contribution >= 4 is 17.5 Å². The Labute approximate surface area is 169 Å². The molecule has 2 aliphatic carbocycles. The van der Waals surface area contributed by atoms with Crippen molar-refractivity contribution in [3.05, 3.63) is 59.1 Å². The van der Waals surface area contributed by atoms with Crippen molar-refractivity contribution in [1.82, 2.24) is 4.90 Å². The monoisotopic (exact) mass is 395 g/mol. The number of phenols is 1. The minimum Gasteiger partial charge on any atom is -0.504 e. The molecule has 2 aromatic rings. The Morgan fingerprint density at radius 2 is 2.04 bits per heavy atom. The predicted molar refractivity (Wildman–Crippen MR) is 108 cm³/mol. The number of ether oxygens (including phenoxy) is 1. The number of fused-ring (bicyclic) bond motifs is 3. The first-order chi connectivity index (χ1) is 13.6. The van der Waals surface area contributed by atoms with Gasteiger partial charge in [0.25, 0.3) is 0 Å². The van der Waals surface area contributed by atoms with Crippen LogP contribution in [0, 0.1) is 17.8 Å². The number of carbonyl (C=O) groups excluding carboxylic acids is 1. The lowest BCUT2D eigenvalue weighted by Gasteiger charge is -2.26. The van der Waals surface area contributed by atoms with E-state index in [0.717, 1.165) is 29.5 Å². The summed E-state index contributed by atoms with van der Waals surface area (Å²) in [4.78, 5) is 15.1. The molecule has 1 heterocycles. The topological polar surface area (TPSA) is 49.8 Å². The zero-order valence-electron chi connectivity index (χ0n) is 15.5. The van der Waals surface area contributed by atoms with Crippen LogP contribution in [0.5, 0.6) is 11.5 Å². The SMILES string of the molecule is O=C([C@@H]1C[C@H]2C=C[C@@H]1C2)N1CCOc2c(O)cc(-c3cccc(Cl)c3)cc2C1. The Balaban J connectivity index is 1.45. The van der Waals surface area contributed by atoms with Crippen LogP contribution in [0.3, 0.4) is 0 Å². The standard InChI is InChI=1S/C23H22ClNO3/c24-19-3-1-2-15(11-19)17-10-18-13-25(6-7-28-22(18)21(26)12-17)23(27)20-9-14-4-5-16(20)8-14/h1-5,10-12,14,16,20,26H,6-9,13H2/t14-,16+,20+/m0/s1. The first kappa shape index (κ1) is 17.6. The van der Waals surface area contributed by atoms with E-state index in [1.807, 2.05) is 35.2 Å². The molecule has 1 fully saturated rings. The number of benzene rings is 2. The molecule has 1 saturated carbocycles. The Bertz CT molecular complexity index is 970. The summed E-state index contributed by atoms with van der Waals surface area (Å²) in [7, 11) is 0. The second-order valence-corrected chi connectivity index (χ2v) is 8.43. The number of carbonyl (C=O) groups is 1. The van der Waals surface area contributed by atoms with Crippen LogP contribution in [0.15, 0.2) is 48.6 Å². The molecule has 0 spiro atoms. The summed E-state index contributed by atoms with van der Waals surface area (Å²) in [5.74, 6) is 1.82. The summed E-state index contributed by atoms with van der Waals surface area (Å²) in [6.07, 6.45) is 6.53. The van der Waals surface area contributed by atoms with Crippen LogP contribution in [-0.4, -0.2) is 29.1 Å². The van der Waals surface area contributed by atoms with Crippen molar-refractivity contribution in [1.29, 1.82) is 0 Å². The first-order valence-electron chi connectivity index (χ1n) is 9.80. The highest BCUT2D eigenvalue weighted by Gasteiger charge is 2.41. The maximum atomic E-state index is 13.2. The van der Waals surface area contributed by atoms with Crippen LogP contribution in [0.4, 0.5) is 0 Å². The largest absolute Gasteiger partial charge is 0.504 e. The molecule has 0 aromatic heterocycles. The van der Waals surface area contributed by atoms with Crippen molar-refractivity contribution in [2.45, 2.75) is 19.4 Å². The molecule has 2 aromatic carbocycles. The smallest absolute Gasteiger partial charge is 0.226 e. The van der Waals surface area contributed by atoms with E-state index in [-0.39, 0.29) is 17.6 Å². The van der Waals surface area contributed by atoms with Crippen LogP contribution in [0.2, 0.25) is 5.02 Å². The number of amides is 1. The van der Waals surface area contributed by atoms with Gasteiger partial charge in [-0.25, -0.2) is 0 Å². The molecule has 1 amide bonds. The molecule has 5 heteroatoms. The zero-order chi connectivity index (χ0) is 19.3. The average Bonchev–Trinajstić information content (AvgIpc) is 3.25. The van der Waals surface area contributed by atoms with E-state index in [1.54, 1.807) is 6.07 Å². The quantitative estimate of drug-likeness (QED) is 0.753. The summed E-state index contributed by atoms with van der Waals surface area (Å²) in [6, 6.07) is 11.2. The van der Waals surface area contributed by atoms with Crippen LogP contribution >= 0.6 is 11.6 Å². The van der Waals surface area contributed by atoms with E-state index < -0.39 is 0 Å². The van der Waals surface area contributed by atoms with Crippen molar-refractivity contribution in [3.8, 4) is 22.6 Å². The number of allylic oxidation sites excluding steroid dienone is 2. The Morgan fingerprint density at radius 3 is 2.79 bits per heavy atom. The molecule has 4 nitrogen and oxygen atoms in total. The van der Waals surface area contributed by atoms with Gasteiger partial charge in [-0.05, 0) is 60.1 Å². The molecule has 1 aliphatic heterocycles. The maximum absolute atomic E-state index is 13.2. The molecule has 144 valence electrons. The summed E-state index contributed by atoms with van der Waals surface area (Å²) in [6.45, 7) is 1.38. The fraction of sp³-hybridized carbons (Fsp3) is 0.348. The molecule has 0 radical (unpaired) electrons. The number of aromatic hydroxyl groups is 1. The molecule has 0 unspecified atom stereocenters. The van der Waals surface area contributed by atoms with Gasteiger partial charge < -0.3 is 14.7 Å². The van der Waals surface area contributed by atoms with Gasteiger partial charge in [-0.3, -0.25) is 4.79 Å². The lowest BCUT2D eigenvalue weighted by Crippen LogP contribution is -2.38. The highest BCUT2D eigenvalue weighted by molar-refractivity contribution is 6.30. The van der Waals surface area contributed by atoms with Crippen LogP contribution in [0.25, 0.3) is 11.1 Å². The fourth-order valence-electron chi connectivity index (χ4n) is 4.82. The molecular formula is C23H22ClNO3. The van der Waals surface area contributed by atoms with Gasteiger partial charge in [-0.15, -0.1) is 0 Å². The van der Waals surface area contributed by atoms with Gasteiger partial charge in [0, 0.05) is 23.0 Å². The Hall–Kier alpha value is -2.46. The first-order valence-corrected chi connectivity index (χ1v) is 10.2. The minimum absolute atomic E-state index is 0.0845. The number of hydrogen-bond donors (Lipinski definition) is 1. The maximum Gasteiger partial charge on any atom is 0.226 e. The summed E-state index contributed by atoms with van der Waals surface area (Å²) >= 11 is 6.13. The van der Waals surface area contributed by atoms with Gasteiger partial charge in [0.2, 0.25) is 5.91 Å². The van der Waals surface area contributed by atoms with Gasteiger partial charge in [0.05, 0.1) is 6.54 Å². The van der Waals surface area contributed by atoms with Gasteiger partial charge in [0.15, 0.2) is 11.5 Å². The van der Waals surface area contributed by atoms with Crippen LogP contribution < -0.4 is 4.74 Å². The zero-order valence-corrected chi connectivity index (χ0v) is 16.2. The second kappa shape index (κ2) is 6.85. The van der Waals surface area contributed by atoms with E-state index in [4.69, 9.17) is 16.3 Å². The van der Waals surface area contributed by atoms with Gasteiger partial charge in [0.1, 0.15) is 6.61 Å². The van der Waals surface area contributed by atoms with Crippen molar-refractivity contribution in [2.24, 2.45) is 17.8 Å². The second-order valence-electron chi connectivity index (χ2n) is 7.99. The molecule has 2 bridgehead atoms. The van der Waals surface area contributed by atoms with Crippen molar-refractivity contribution in [2.75, 3.05) is 13.2 Å². The summed E-state index contributed by atoms with van der Waals surface area (Å²) < 4.78 is 5.81. The number of hydrogen-bond acceptors (Lipinski definition) is 3. The van der Waals surface area contributed by atoms with Gasteiger partial charge in [-0.2, -0.15) is 0 Å². The van der Waals surface area contributed by atoms with Gasteiger partial charge in [-0.1, -0.05) is 35.9 Å². The normalized spacial score (nSPS) is 25.3. The highest BCUT2D eigenvalue weighted by atomic mass is 35.5. The molecular weight excluding hydrogens is 374 g/mol. The molecule has 1 N–H and O–H groups in total. The minimum atomic E-state index is 0.0845. The summed E-state index contributed by atoms with van der Waals surface area (Å²) in [5.41, 5.74) is 2.62. The Morgan fingerprint density at radius 1 is 1.14 bits per heavy atom. The lowest BCUT2D eigenvalue weighted by molar-refractivity contribution is -0.137. The lowest BCUT2D eigenvalue weighted by atomic mass is 9.92. The summed E-state index contributed by atoms with van der Waals surface area (Å²) in [5, 5.41) is 11.2. The molecule has 28 heavy (non-hydrogen) atoms. The number of phenolic OH excluding ortho intramolecular Hbond substituents is 1. The van der Waals surface area contributed by atoms with Crippen LogP contribution in [0.1, 0.15) is 18.4 Å². The third-order valence-electron chi connectivity index (χ3n) is 6.18. The van der Waals surface area contributed by atoms with E-state index in [0.29, 0.717) is 42.3 Å². The van der Waals surface area contributed by atoms with Gasteiger partial charge >= 0.3 is 0 Å². The average molecular weight is 396 g/mol. The third kappa shape index (κ3) is 3.06. The third-order valence-corrected chi connectivity index (χ3v) is 6.42. The van der Waals surface area contributed by atoms with E-state index in [9.17, 15) is 9.90 Å². The highest BCUT2D eigenvalue weighted by Crippen LogP contribution is 2.45. The number of rotatable bonds is 2.